The molecule has 0 aromatic carbocycles. The zero-order valence-electron chi connectivity index (χ0n) is 11.5. The molecule has 0 saturated carbocycles. The molecule has 5 nitrogen and oxygen atoms in total. The third-order valence-electron chi connectivity index (χ3n) is 3.24. The van der Waals surface area contributed by atoms with Crippen LogP contribution in [-0.4, -0.2) is 19.7 Å². The first-order valence-corrected chi connectivity index (χ1v) is 7.73. The van der Waals surface area contributed by atoms with Crippen molar-refractivity contribution in [1.82, 2.24) is 19.7 Å². The number of nitrogens with one attached hydrogen (secondary N) is 1. The van der Waals surface area contributed by atoms with Crippen LogP contribution < -0.4 is 5.56 Å². The summed E-state index contributed by atoms with van der Waals surface area (Å²) in [5.74, 6) is 0. The van der Waals surface area contributed by atoms with Gasteiger partial charge in [-0.3, -0.25) is 4.79 Å². The summed E-state index contributed by atoms with van der Waals surface area (Å²) >= 11 is 1.74. The van der Waals surface area contributed by atoms with Crippen molar-refractivity contribution >= 4 is 11.3 Å². The number of hydrogen-bond acceptors (Lipinski definition) is 4. The van der Waals surface area contributed by atoms with Crippen LogP contribution in [0, 0.1) is 0 Å². The van der Waals surface area contributed by atoms with E-state index in [9.17, 15) is 4.79 Å². The normalized spacial score (nSPS) is 10.9. The number of unbranched alkanes of at least 4 members (excludes halogenated alkanes) is 1. The Labute approximate surface area is 126 Å². The molecule has 0 aliphatic carbocycles. The minimum Gasteiger partial charge on any atom is -0.337 e. The Balaban J connectivity index is 1.53. The van der Waals surface area contributed by atoms with E-state index < -0.39 is 0 Å². The van der Waals surface area contributed by atoms with Crippen molar-refractivity contribution < 1.29 is 0 Å². The zero-order valence-corrected chi connectivity index (χ0v) is 12.3. The third kappa shape index (κ3) is 3.66. The molecule has 0 saturated heterocycles. The SMILES string of the molecule is O=c1ccc(-c2ccc(CCCCn3ccnc3)s2)n[nH]1. The van der Waals surface area contributed by atoms with Gasteiger partial charge in [0.25, 0.3) is 5.56 Å². The lowest BCUT2D eigenvalue weighted by Crippen LogP contribution is -2.05. The van der Waals surface area contributed by atoms with Gasteiger partial charge < -0.3 is 4.57 Å². The summed E-state index contributed by atoms with van der Waals surface area (Å²) in [6.45, 7) is 1.01. The molecule has 0 radical (unpaired) electrons. The molecular weight excluding hydrogens is 284 g/mol. The number of thiophene rings is 1. The summed E-state index contributed by atoms with van der Waals surface area (Å²) in [4.78, 5) is 17.5. The van der Waals surface area contributed by atoms with Gasteiger partial charge in [-0.05, 0) is 37.5 Å². The summed E-state index contributed by atoms with van der Waals surface area (Å²) in [7, 11) is 0. The Kier molecular flexibility index (Phi) is 4.25. The maximum absolute atomic E-state index is 11.0. The molecule has 1 N–H and O–H groups in total. The second kappa shape index (κ2) is 6.49. The standard InChI is InChI=1S/C15H16N4OS/c20-15-7-5-13(17-18-15)14-6-4-12(21-14)3-1-2-9-19-10-8-16-11-19/h4-8,10-11H,1-3,9H2,(H,18,20). The van der Waals surface area contributed by atoms with E-state index in [2.05, 4.69) is 31.9 Å². The van der Waals surface area contributed by atoms with E-state index in [0.29, 0.717) is 0 Å². The summed E-state index contributed by atoms with van der Waals surface area (Å²) < 4.78 is 2.10. The highest BCUT2D eigenvalue weighted by atomic mass is 32.1. The van der Waals surface area contributed by atoms with Crippen molar-refractivity contribution in [2.24, 2.45) is 0 Å². The van der Waals surface area contributed by atoms with Crippen LogP contribution in [0.3, 0.4) is 0 Å². The van der Waals surface area contributed by atoms with E-state index in [1.54, 1.807) is 17.4 Å². The van der Waals surface area contributed by atoms with E-state index in [1.165, 1.54) is 10.9 Å². The van der Waals surface area contributed by atoms with Gasteiger partial charge in [0.15, 0.2) is 0 Å². The van der Waals surface area contributed by atoms with Crippen LogP contribution in [0.15, 0.2) is 47.8 Å². The average Bonchev–Trinajstić information content (AvgIpc) is 3.16. The van der Waals surface area contributed by atoms with Crippen molar-refractivity contribution in [2.75, 3.05) is 0 Å². The second-order valence-corrected chi connectivity index (χ2v) is 6.00. The van der Waals surface area contributed by atoms with E-state index in [4.69, 9.17) is 0 Å². The molecule has 0 amide bonds. The minimum absolute atomic E-state index is 0.171. The van der Waals surface area contributed by atoms with E-state index in [1.807, 2.05) is 18.7 Å². The molecule has 0 spiro atoms. The maximum atomic E-state index is 11.0. The molecule has 0 fully saturated rings. The Hall–Kier alpha value is -2.21. The highest BCUT2D eigenvalue weighted by Crippen LogP contribution is 2.26. The van der Waals surface area contributed by atoms with Gasteiger partial charge in [-0.25, -0.2) is 10.1 Å². The number of imidazole rings is 1. The minimum atomic E-state index is -0.171. The Bertz CT molecular complexity index is 725. The van der Waals surface area contributed by atoms with Gasteiger partial charge in [0, 0.05) is 29.9 Å². The van der Waals surface area contributed by atoms with E-state index in [0.717, 1.165) is 36.4 Å². The molecule has 0 atom stereocenters. The fraction of sp³-hybridized carbons (Fsp3) is 0.267. The van der Waals surface area contributed by atoms with Crippen molar-refractivity contribution in [2.45, 2.75) is 25.8 Å². The number of aryl methyl sites for hydroxylation is 2. The van der Waals surface area contributed by atoms with Gasteiger partial charge in [0.2, 0.25) is 0 Å². The van der Waals surface area contributed by atoms with Crippen LogP contribution in [0.4, 0.5) is 0 Å². The first-order chi connectivity index (χ1) is 10.3. The fourth-order valence-corrected chi connectivity index (χ4v) is 3.16. The molecule has 0 aliphatic rings. The highest BCUT2D eigenvalue weighted by Gasteiger charge is 2.04. The summed E-state index contributed by atoms with van der Waals surface area (Å²) in [5.41, 5.74) is 0.652. The molecule has 0 aliphatic heterocycles. The summed E-state index contributed by atoms with van der Waals surface area (Å²) in [6, 6.07) is 7.47. The number of rotatable bonds is 6. The quantitative estimate of drug-likeness (QED) is 0.712. The Morgan fingerprint density at radius 2 is 2.14 bits per heavy atom. The van der Waals surface area contributed by atoms with Crippen LogP contribution in [0.5, 0.6) is 0 Å². The first kappa shape index (κ1) is 13.8. The van der Waals surface area contributed by atoms with Crippen LogP contribution >= 0.6 is 11.3 Å². The predicted octanol–water partition coefficient (Wildman–Crippen LogP) is 2.72. The molecule has 3 aromatic heterocycles. The number of aromatic amines is 1. The van der Waals surface area contributed by atoms with Crippen LogP contribution in [-0.2, 0) is 13.0 Å². The monoisotopic (exact) mass is 300 g/mol. The fourth-order valence-electron chi connectivity index (χ4n) is 2.14. The number of H-pyrrole nitrogens is 1. The predicted molar refractivity (Wildman–Crippen MR) is 83.3 cm³/mol. The van der Waals surface area contributed by atoms with E-state index >= 15 is 0 Å². The maximum Gasteiger partial charge on any atom is 0.264 e. The number of nitrogens with zero attached hydrogens (tertiary/aromatic N) is 3. The Morgan fingerprint density at radius 1 is 1.19 bits per heavy atom. The van der Waals surface area contributed by atoms with Crippen LogP contribution in [0.2, 0.25) is 0 Å². The molecule has 108 valence electrons. The molecule has 21 heavy (non-hydrogen) atoms. The second-order valence-electron chi connectivity index (χ2n) is 4.83. The lowest BCUT2D eigenvalue weighted by molar-refractivity contribution is 0.611. The largest absolute Gasteiger partial charge is 0.337 e. The van der Waals surface area contributed by atoms with Crippen molar-refractivity contribution in [3.63, 3.8) is 0 Å². The van der Waals surface area contributed by atoms with Gasteiger partial charge in [0.1, 0.15) is 5.69 Å². The van der Waals surface area contributed by atoms with Crippen LogP contribution in [0.25, 0.3) is 10.6 Å². The van der Waals surface area contributed by atoms with Crippen molar-refractivity contribution in [1.29, 1.82) is 0 Å². The lowest BCUT2D eigenvalue weighted by Gasteiger charge is -2.01. The lowest BCUT2D eigenvalue weighted by atomic mass is 10.2. The zero-order chi connectivity index (χ0) is 14.5. The molecule has 3 heterocycles. The molecule has 0 unspecified atom stereocenters. The molecular formula is C15H16N4OS. The summed E-state index contributed by atoms with van der Waals surface area (Å²) in [5, 5.41) is 6.52. The molecule has 0 bridgehead atoms. The van der Waals surface area contributed by atoms with Crippen molar-refractivity contribution in [3.8, 4) is 10.6 Å². The number of hydrogen-bond donors (Lipinski definition) is 1. The molecule has 3 aromatic rings. The van der Waals surface area contributed by atoms with Crippen molar-refractivity contribution in [3.05, 3.63) is 58.2 Å². The third-order valence-corrected chi connectivity index (χ3v) is 4.41. The van der Waals surface area contributed by atoms with E-state index in [-0.39, 0.29) is 5.56 Å². The van der Waals surface area contributed by atoms with Crippen LogP contribution in [0.1, 0.15) is 17.7 Å². The van der Waals surface area contributed by atoms with Gasteiger partial charge in [-0.2, -0.15) is 5.10 Å². The summed E-state index contributed by atoms with van der Waals surface area (Å²) in [6.07, 6.45) is 9.01. The first-order valence-electron chi connectivity index (χ1n) is 6.92. The number of aromatic nitrogens is 4. The molecule has 6 heteroatoms. The van der Waals surface area contributed by atoms with Gasteiger partial charge >= 0.3 is 0 Å². The van der Waals surface area contributed by atoms with Gasteiger partial charge in [-0.1, -0.05) is 0 Å². The highest BCUT2D eigenvalue weighted by molar-refractivity contribution is 7.15. The Morgan fingerprint density at radius 3 is 2.90 bits per heavy atom. The topological polar surface area (TPSA) is 63.6 Å². The average molecular weight is 300 g/mol. The smallest absolute Gasteiger partial charge is 0.264 e. The van der Waals surface area contributed by atoms with Gasteiger partial charge in [0.05, 0.1) is 11.2 Å². The molecule has 3 rings (SSSR count). The van der Waals surface area contributed by atoms with Gasteiger partial charge in [-0.15, -0.1) is 11.3 Å².